The highest BCUT2D eigenvalue weighted by atomic mass is 14.9. The third kappa shape index (κ3) is 12.5. The number of rotatable bonds is 6. The average Bonchev–Trinajstić information content (AvgIpc) is 1.43. The highest BCUT2D eigenvalue weighted by molar-refractivity contribution is 5.95. The lowest BCUT2D eigenvalue weighted by Gasteiger charge is -2.12. The summed E-state index contributed by atoms with van der Waals surface area (Å²) in [6.45, 7) is 30.1. The molecular formula is C80H88N4+4. The summed E-state index contributed by atoms with van der Waals surface area (Å²) in [4.78, 5) is 0. The van der Waals surface area contributed by atoms with Crippen molar-refractivity contribution in [3.63, 3.8) is 0 Å². The van der Waals surface area contributed by atoms with Crippen molar-refractivity contribution in [3.05, 3.63) is 261 Å². The maximum Gasteiger partial charge on any atom is 0.220 e. The highest BCUT2D eigenvalue weighted by Crippen LogP contribution is 2.33. The predicted molar refractivity (Wildman–Crippen MR) is 358 cm³/mol. The summed E-state index contributed by atoms with van der Waals surface area (Å²) in [6.07, 6.45) is 2.92. The standard InChI is InChI=1S/C23H28N.C21H24N.C19H20N.C17H16N/c1-15(2)12-19-8-7-9-22-20(19)10-11-23(24(22)6)21-14-16(3)13-17(4)18(21)5;1-13-10-15(3)17(5)18(11-13)20-12-16(4)21-14(2)8-7-9-19(21)22(20)6;1-13-11-14(2)15(3)18(12-13)19-17-8-6-5-7-16(17)9-10-20(19)4;1-13-7-3-5-9-15(13)17-16-10-6-4-8-14(16)11-12-18(17)2/h7-11,13-15H,12H2,1-6H3;7-12H,1-6H3;5-12H,1-4H3;3-12H,1-2H3/q4*+1/i12D2;;;. The zero-order valence-corrected chi connectivity index (χ0v) is 53.3. The van der Waals surface area contributed by atoms with Gasteiger partial charge in [-0.2, -0.15) is 9.13 Å². The Balaban J connectivity index is 0.000000138. The van der Waals surface area contributed by atoms with Crippen LogP contribution in [0.1, 0.15) is 88.9 Å². The lowest BCUT2D eigenvalue weighted by atomic mass is 9.95. The van der Waals surface area contributed by atoms with Gasteiger partial charge in [0.05, 0.1) is 21.7 Å². The van der Waals surface area contributed by atoms with Gasteiger partial charge in [0, 0.05) is 61.2 Å². The Morgan fingerprint density at radius 3 is 1.37 bits per heavy atom. The zero-order valence-electron chi connectivity index (χ0n) is 55.3. The number of pyridine rings is 4. The van der Waals surface area contributed by atoms with Gasteiger partial charge in [0.1, 0.15) is 28.2 Å². The molecule has 0 N–H and O–H groups in total. The molecule has 0 spiro atoms. The number of aryl methyl sites for hydroxylation is 13. The van der Waals surface area contributed by atoms with E-state index >= 15 is 0 Å². The van der Waals surface area contributed by atoms with Crippen molar-refractivity contribution in [1.82, 2.24) is 0 Å². The molecule has 424 valence electrons. The summed E-state index contributed by atoms with van der Waals surface area (Å²) in [5, 5.41) is 7.55. The van der Waals surface area contributed by atoms with Gasteiger partial charge in [0.25, 0.3) is 0 Å². The van der Waals surface area contributed by atoms with Crippen molar-refractivity contribution in [3.8, 4) is 45.0 Å². The van der Waals surface area contributed by atoms with Gasteiger partial charge in [-0.1, -0.05) is 128 Å². The summed E-state index contributed by atoms with van der Waals surface area (Å²) >= 11 is 0. The first-order valence-electron chi connectivity index (χ1n) is 30.8. The lowest BCUT2D eigenvalue weighted by Crippen LogP contribution is -2.32. The smallest absolute Gasteiger partial charge is 0.200 e. The molecule has 0 amide bonds. The second-order valence-electron chi connectivity index (χ2n) is 23.9. The molecule has 0 radical (unpaired) electrons. The summed E-state index contributed by atoms with van der Waals surface area (Å²) < 4.78 is 26.0. The van der Waals surface area contributed by atoms with Crippen LogP contribution in [-0.4, -0.2) is 0 Å². The topological polar surface area (TPSA) is 15.5 Å². The second kappa shape index (κ2) is 25.5. The molecule has 4 aromatic heterocycles. The van der Waals surface area contributed by atoms with Crippen LogP contribution in [0, 0.1) is 89.0 Å². The minimum Gasteiger partial charge on any atom is -0.200 e. The number of fused-ring (bicyclic) bond motifs is 4. The maximum absolute atomic E-state index is 8.54. The molecule has 0 fully saturated rings. The quantitative estimate of drug-likeness (QED) is 0.148. The molecule has 12 aromatic rings. The largest absolute Gasteiger partial charge is 0.220 e. The Bertz CT molecular complexity index is 4550. The lowest BCUT2D eigenvalue weighted by molar-refractivity contribution is -0.659. The first-order chi connectivity index (χ1) is 40.9. The van der Waals surface area contributed by atoms with Crippen molar-refractivity contribution in [2.45, 2.75) is 103 Å². The van der Waals surface area contributed by atoms with Crippen LogP contribution in [0.2, 0.25) is 0 Å². The van der Waals surface area contributed by atoms with E-state index in [2.05, 4.69) is 306 Å². The monoisotopic (exact) mass is 1110 g/mol. The van der Waals surface area contributed by atoms with Crippen molar-refractivity contribution in [2.24, 2.45) is 34.1 Å². The van der Waals surface area contributed by atoms with Crippen LogP contribution in [0.5, 0.6) is 0 Å². The van der Waals surface area contributed by atoms with Gasteiger partial charge < -0.3 is 0 Å². The fraction of sp³-hybridized carbons (Fsp3) is 0.250. The average molecular weight is 1110 g/mol. The molecule has 0 atom stereocenters. The third-order valence-electron chi connectivity index (χ3n) is 17.1. The van der Waals surface area contributed by atoms with E-state index in [0.717, 1.165) is 22.2 Å². The SMILES string of the molecule is Cc1cc(C)c(C)c(-c2c3ccccc3cc[n+]2C)c1.Cc1cc(C)c(C)c(-c2cc(C)c3c(C)cccc3[n+]2C)c1.Cc1ccccc1-c1c2ccccc2cc[n+]1C.[2H]C([2H])(c1cccc2c1ccc(-c1cc(C)cc(C)c1C)[n+]2C)C(C)C. The molecule has 12 rings (SSSR count). The van der Waals surface area contributed by atoms with Crippen LogP contribution >= 0.6 is 0 Å². The summed E-state index contributed by atoms with van der Waals surface area (Å²) in [7, 11) is 8.48. The third-order valence-corrected chi connectivity index (χ3v) is 17.1. The van der Waals surface area contributed by atoms with Gasteiger partial charge in [-0.3, -0.25) is 0 Å². The van der Waals surface area contributed by atoms with Crippen molar-refractivity contribution in [2.75, 3.05) is 0 Å². The summed E-state index contributed by atoms with van der Waals surface area (Å²) in [5.41, 5.74) is 29.3. The molecule has 0 aliphatic rings. The van der Waals surface area contributed by atoms with E-state index in [-0.39, 0.29) is 5.92 Å². The number of hydrogen-bond donors (Lipinski definition) is 0. The van der Waals surface area contributed by atoms with Crippen LogP contribution in [0.25, 0.3) is 88.4 Å². The van der Waals surface area contributed by atoms with Crippen LogP contribution in [0.3, 0.4) is 0 Å². The Morgan fingerprint density at radius 1 is 0.357 bits per heavy atom. The van der Waals surface area contributed by atoms with E-state index in [9.17, 15) is 0 Å². The van der Waals surface area contributed by atoms with Gasteiger partial charge >= 0.3 is 0 Å². The number of hydrogen-bond acceptors (Lipinski definition) is 0. The van der Waals surface area contributed by atoms with Gasteiger partial charge in [0.2, 0.25) is 33.8 Å². The van der Waals surface area contributed by atoms with E-state index < -0.39 is 6.37 Å². The van der Waals surface area contributed by atoms with Gasteiger partial charge in [-0.15, -0.1) is 0 Å². The molecule has 4 heterocycles. The van der Waals surface area contributed by atoms with E-state index in [1.165, 1.54) is 139 Å². The number of nitrogens with zero attached hydrogens (tertiary/aromatic N) is 4. The first kappa shape index (κ1) is 57.2. The minimum atomic E-state index is -1.36. The zero-order chi connectivity index (χ0) is 62.1. The molecule has 4 heteroatoms. The molecule has 4 nitrogen and oxygen atoms in total. The minimum absolute atomic E-state index is 0.0836. The fourth-order valence-corrected chi connectivity index (χ4v) is 12.4. The van der Waals surface area contributed by atoms with E-state index in [1.54, 1.807) is 0 Å². The number of aromatic nitrogens is 4. The maximum atomic E-state index is 8.54. The molecule has 0 aliphatic heterocycles. The van der Waals surface area contributed by atoms with Gasteiger partial charge in [0.15, 0.2) is 12.4 Å². The van der Waals surface area contributed by atoms with Crippen LogP contribution < -0.4 is 18.3 Å². The first-order valence-corrected chi connectivity index (χ1v) is 29.8. The Morgan fingerprint density at radius 2 is 0.810 bits per heavy atom. The second-order valence-corrected chi connectivity index (χ2v) is 23.9. The normalized spacial score (nSPS) is 11.7. The van der Waals surface area contributed by atoms with Gasteiger partial charge in [-0.05, 0) is 204 Å². The molecule has 0 unspecified atom stereocenters. The molecule has 0 bridgehead atoms. The van der Waals surface area contributed by atoms with Crippen molar-refractivity contribution in [1.29, 1.82) is 0 Å². The van der Waals surface area contributed by atoms with E-state index in [1.807, 2.05) is 26.0 Å². The van der Waals surface area contributed by atoms with Crippen molar-refractivity contribution >= 4 is 43.4 Å². The van der Waals surface area contributed by atoms with Crippen LogP contribution in [0.15, 0.2) is 188 Å². The van der Waals surface area contributed by atoms with E-state index in [4.69, 9.17) is 2.74 Å². The summed E-state index contributed by atoms with van der Waals surface area (Å²) in [6, 6.07) is 62.7. The molecule has 8 aromatic carbocycles. The summed E-state index contributed by atoms with van der Waals surface area (Å²) in [5.74, 6) is -0.0836. The van der Waals surface area contributed by atoms with Crippen molar-refractivity contribution < 1.29 is 21.0 Å². The molecule has 84 heavy (non-hydrogen) atoms. The molecule has 0 aliphatic carbocycles. The fourth-order valence-electron chi connectivity index (χ4n) is 12.4. The van der Waals surface area contributed by atoms with Crippen LogP contribution in [0.4, 0.5) is 0 Å². The highest BCUT2D eigenvalue weighted by Gasteiger charge is 2.23. The molecular weight excluding hydrogens is 1020 g/mol. The van der Waals surface area contributed by atoms with Gasteiger partial charge in [-0.25, -0.2) is 9.13 Å². The molecule has 0 saturated carbocycles. The predicted octanol–water partition coefficient (Wildman–Crippen LogP) is 18.2. The Hall–Kier alpha value is -8.60. The molecule has 0 saturated heterocycles. The van der Waals surface area contributed by atoms with E-state index in [0.29, 0.717) is 0 Å². The number of benzene rings is 8. The Labute approximate surface area is 504 Å². The Kier molecular flexibility index (Phi) is 17.4. The van der Waals surface area contributed by atoms with Crippen LogP contribution in [-0.2, 0) is 34.6 Å².